The zero-order valence-electron chi connectivity index (χ0n) is 22.3. The van der Waals surface area contributed by atoms with Crippen molar-refractivity contribution in [3.8, 4) is 16.9 Å². The van der Waals surface area contributed by atoms with E-state index in [-0.39, 0.29) is 17.8 Å². The number of carbonyl (C=O) groups excluding carboxylic acids is 1. The summed E-state index contributed by atoms with van der Waals surface area (Å²) in [6.45, 7) is 8.21. The number of aromatic nitrogens is 2. The predicted octanol–water partition coefficient (Wildman–Crippen LogP) is 6.70. The number of ketones is 1. The van der Waals surface area contributed by atoms with Gasteiger partial charge in [-0.2, -0.15) is 5.10 Å². The van der Waals surface area contributed by atoms with Crippen LogP contribution in [0.15, 0.2) is 49.3 Å². The van der Waals surface area contributed by atoms with Crippen LogP contribution >= 0.6 is 0 Å². The monoisotopic (exact) mass is 508 g/mol. The first-order chi connectivity index (χ1) is 17.8. The quantitative estimate of drug-likeness (QED) is 0.179. The highest BCUT2D eigenvalue weighted by molar-refractivity contribution is 6.01. The lowest BCUT2D eigenvalue weighted by Gasteiger charge is -2.24. The molecule has 0 bridgehead atoms. The second kappa shape index (κ2) is 11.6. The standard InChI is InChI=1S/C30H37FN2O4/c1-6-28(31)37-18-22-14-21(15-27(36-5)29(22)26(34)9-7-8-20-10-11-20)24-16-32-33-17-23(12-13-25(24)33)30(2,3)19-35-4/h6,12-17,20,28H,1,7-11,18-19H2,2-5H3. The number of benzene rings is 1. The van der Waals surface area contributed by atoms with Crippen molar-refractivity contribution in [1.82, 2.24) is 9.61 Å². The predicted molar refractivity (Wildman–Crippen MR) is 143 cm³/mol. The van der Waals surface area contributed by atoms with E-state index in [1.165, 1.54) is 12.8 Å². The number of pyridine rings is 1. The van der Waals surface area contributed by atoms with E-state index in [4.69, 9.17) is 14.2 Å². The molecule has 0 amide bonds. The lowest BCUT2D eigenvalue weighted by molar-refractivity contribution is -0.0142. The Labute approximate surface area is 218 Å². The van der Waals surface area contributed by atoms with Gasteiger partial charge in [-0.05, 0) is 53.3 Å². The van der Waals surface area contributed by atoms with Gasteiger partial charge in [0.2, 0.25) is 6.36 Å². The van der Waals surface area contributed by atoms with Crippen molar-refractivity contribution in [3.63, 3.8) is 0 Å². The molecule has 0 spiro atoms. The van der Waals surface area contributed by atoms with Gasteiger partial charge in [-0.25, -0.2) is 8.91 Å². The maximum Gasteiger partial charge on any atom is 0.218 e. The van der Waals surface area contributed by atoms with Crippen LogP contribution in [0.4, 0.5) is 4.39 Å². The Morgan fingerprint density at radius 3 is 2.76 bits per heavy atom. The first-order valence-electron chi connectivity index (χ1n) is 12.9. The number of hydrogen-bond donors (Lipinski definition) is 0. The van der Waals surface area contributed by atoms with Crippen LogP contribution < -0.4 is 4.74 Å². The van der Waals surface area contributed by atoms with Gasteiger partial charge in [0.15, 0.2) is 5.78 Å². The average Bonchev–Trinajstić information content (AvgIpc) is 3.62. The molecule has 0 saturated heterocycles. The van der Waals surface area contributed by atoms with Gasteiger partial charge < -0.3 is 14.2 Å². The van der Waals surface area contributed by atoms with Gasteiger partial charge in [-0.15, -0.1) is 0 Å². The molecule has 0 radical (unpaired) electrons. The highest BCUT2D eigenvalue weighted by Gasteiger charge is 2.25. The molecule has 2 aromatic heterocycles. The van der Waals surface area contributed by atoms with Gasteiger partial charge in [0.25, 0.3) is 0 Å². The Balaban J connectivity index is 1.71. The van der Waals surface area contributed by atoms with Crippen LogP contribution in [0.25, 0.3) is 16.6 Å². The molecular weight excluding hydrogens is 471 g/mol. The van der Waals surface area contributed by atoms with Gasteiger partial charge in [0.1, 0.15) is 5.75 Å². The van der Waals surface area contributed by atoms with E-state index in [1.807, 2.05) is 28.9 Å². The van der Waals surface area contributed by atoms with E-state index in [1.54, 1.807) is 20.4 Å². The van der Waals surface area contributed by atoms with E-state index in [0.29, 0.717) is 29.9 Å². The summed E-state index contributed by atoms with van der Waals surface area (Å²) >= 11 is 0. The molecule has 198 valence electrons. The molecule has 2 heterocycles. The van der Waals surface area contributed by atoms with Crippen LogP contribution in [0.1, 0.15) is 67.4 Å². The molecule has 0 aliphatic heterocycles. The summed E-state index contributed by atoms with van der Waals surface area (Å²) < 4.78 is 32.2. The van der Waals surface area contributed by atoms with E-state index in [9.17, 15) is 9.18 Å². The van der Waals surface area contributed by atoms with Gasteiger partial charge in [0.05, 0.1) is 37.6 Å². The summed E-state index contributed by atoms with van der Waals surface area (Å²) in [5.74, 6) is 1.20. The number of halogens is 1. The van der Waals surface area contributed by atoms with Crippen LogP contribution in [-0.2, 0) is 21.5 Å². The smallest absolute Gasteiger partial charge is 0.218 e. The number of Topliss-reactive ketones (excluding diaryl/α,β-unsaturated/α-hetero) is 1. The van der Waals surface area contributed by atoms with Crippen molar-refractivity contribution in [2.24, 2.45) is 5.92 Å². The van der Waals surface area contributed by atoms with Crippen molar-refractivity contribution in [2.75, 3.05) is 20.8 Å². The zero-order chi connectivity index (χ0) is 26.6. The number of alkyl halides is 1. The van der Waals surface area contributed by atoms with Gasteiger partial charge in [-0.1, -0.05) is 45.8 Å². The third-order valence-electron chi connectivity index (χ3n) is 7.09. The molecule has 37 heavy (non-hydrogen) atoms. The Kier molecular flexibility index (Phi) is 8.45. The Bertz CT molecular complexity index is 1260. The molecular formula is C30H37FN2O4. The number of nitrogens with zero attached hydrogens (tertiary/aromatic N) is 2. The molecule has 3 aromatic rings. The lowest BCUT2D eigenvalue weighted by Crippen LogP contribution is -2.24. The fourth-order valence-electron chi connectivity index (χ4n) is 4.79. The summed E-state index contributed by atoms with van der Waals surface area (Å²) in [5, 5.41) is 4.59. The summed E-state index contributed by atoms with van der Waals surface area (Å²) in [6, 6.07) is 7.85. The van der Waals surface area contributed by atoms with E-state index in [2.05, 4.69) is 31.6 Å². The fraction of sp³-hybridized carbons (Fsp3) is 0.467. The minimum absolute atomic E-state index is 0.0125. The maximum atomic E-state index is 13.9. The van der Waals surface area contributed by atoms with Gasteiger partial charge in [0, 0.05) is 30.7 Å². The van der Waals surface area contributed by atoms with Crippen LogP contribution in [0, 0.1) is 5.92 Å². The number of ether oxygens (including phenoxy) is 3. The van der Waals surface area contributed by atoms with Gasteiger partial charge in [-0.3, -0.25) is 4.79 Å². The van der Waals surface area contributed by atoms with Crippen molar-refractivity contribution >= 4 is 11.3 Å². The molecule has 1 aromatic carbocycles. The van der Waals surface area contributed by atoms with Crippen molar-refractivity contribution in [3.05, 3.63) is 66.0 Å². The normalized spacial score (nSPS) is 14.6. The Morgan fingerprint density at radius 2 is 2.08 bits per heavy atom. The molecule has 1 unspecified atom stereocenters. The minimum Gasteiger partial charge on any atom is -0.496 e. The van der Waals surface area contributed by atoms with Crippen LogP contribution in [0.2, 0.25) is 0 Å². The highest BCUT2D eigenvalue weighted by Crippen LogP contribution is 2.37. The largest absolute Gasteiger partial charge is 0.496 e. The number of carbonyl (C=O) groups is 1. The molecule has 4 rings (SSSR count). The Morgan fingerprint density at radius 1 is 1.30 bits per heavy atom. The topological polar surface area (TPSA) is 62.1 Å². The number of methoxy groups -OCH3 is 2. The van der Waals surface area contributed by atoms with Crippen LogP contribution in [0.5, 0.6) is 5.75 Å². The second-order valence-corrected chi connectivity index (χ2v) is 10.5. The van der Waals surface area contributed by atoms with Crippen molar-refractivity contribution < 1.29 is 23.4 Å². The van der Waals surface area contributed by atoms with Gasteiger partial charge >= 0.3 is 0 Å². The second-order valence-electron chi connectivity index (χ2n) is 10.5. The average molecular weight is 509 g/mol. The third kappa shape index (κ3) is 6.28. The molecule has 0 N–H and O–H groups in total. The summed E-state index contributed by atoms with van der Waals surface area (Å²) in [7, 11) is 3.25. The lowest BCUT2D eigenvalue weighted by atomic mass is 9.86. The van der Waals surface area contributed by atoms with Crippen LogP contribution in [-0.4, -0.2) is 42.6 Å². The SMILES string of the molecule is C=CC(F)OCc1cc(-c2cnn3cc(C(C)(C)COC)ccc23)cc(OC)c1C(=O)CCCC1CC1. The molecule has 1 saturated carbocycles. The molecule has 1 aliphatic rings. The molecule has 1 aliphatic carbocycles. The highest BCUT2D eigenvalue weighted by atomic mass is 19.1. The van der Waals surface area contributed by atoms with E-state index < -0.39 is 6.36 Å². The summed E-state index contributed by atoms with van der Waals surface area (Å²) in [6.07, 6.45) is 8.11. The molecule has 6 nitrogen and oxygen atoms in total. The number of rotatable bonds is 14. The molecule has 1 fully saturated rings. The molecule has 1 atom stereocenters. The fourth-order valence-corrected chi connectivity index (χ4v) is 4.79. The third-order valence-corrected chi connectivity index (χ3v) is 7.09. The minimum atomic E-state index is -1.63. The summed E-state index contributed by atoms with van der Waals surface area (Å²) in [4.78, 5) is 13.3. The zero-order valence-corrected chi connectivity index (χ0v) is 22.3. The van der Waals surface area contributed by atoms with Crippen LogP contribution in [0.3, 0.4) is 0 Å². The first kappa shape index (κ1) is 27.0. The first-order valence-corrected chi connectivity index (χ1v) is 12.9. The van der Waals surface area contributed by atoms with E-state index in [0.717, 1.165) is 47.0 Å². The maximum absolute atomic E-state index is 13.9. The number of fused-ring (bicyclic) bond motifs is 1. The molecule has 7 heteroatoms. The summed E-state index contributed by atoms with van der Waals surface area (Å²) in [5.41, 5.74) is 4.59. The van der Waals surface area contributed by atoms with Crippen molar-refractivity contribution in [1.29, 1.82) is 0 Å². The van der Waals surface area contributed by atoms with Crippen molar-refractivity contribution in [2.45, 2.75) is 64.3 Å². The van der Waals surface area contributed by atoms with E-state index >= 15 is 0 Å². The Hall–Kier alpha value is -3.03. The number of hydrogen-bond acceptors (Lipinski definition) is 5.